The Morgan fingerprint density at radius 2 is 2.27 bits per heavy atom. The van der Waals surface area contributed by atoms with Crippen molar-refractivity contribution in [2.24, 2.45) is 0 Å². The third-order valence-electron chi connectivity index (χ3n) is 2.07. The van der Waals surface area contributed by atoms with Gasteiger partial charge in [-0.15, -0.1) is 12.3 Å². The van der Waals surface area contributed by atoms with Crippen molar-refractivity contribution in [1.29, 1.82) is 0 Å². The van der Waals surface area contributed by atoms with Crippen LogP contribution in [-0.4, -0.2) is 24.2 Å². The minimum Gasteiger partial charge on any atom is -0.478 e. The molecule has 0 saturated heterocycles. The second-order valence-corrected chi connectivity index (χ2v) is 3.25. The third-order valence-corrected chi connectivity index (χ3v) is 2.07. The molecule has 0 saturated carbocycles. The molecule has 2 N–H and O–H groups in total. The summed E-state index contributed by atoms with van der Waals surface area (Å²) in [6.45, 7) is 3.34. The van der Waals surface area contributed by atoms with Crippen LogP contribution >= 0.6 is 0 Å². The lowest BCUT2D eigenvalue weighted by molar-refractivity contribution is -0.132. The van der Waals surface area contributed by atoms with Crippen LogP contribution in [0.15, 0.2) is 11.6 Å². The van der Waals surface area contributed by atoms with E-state index in [0.717, 1.165) is 25.8 Å². The zero-order chi connectivity index (χ0) is 11.5. The summed E-state index contributed by atoms with van der Waals surface area (Å²) < 4.78 is 0. The molecule has 0 heterocycles. The van der Waals surface area contributed by atoms with Gasteiger partial charge in [-0.1, -0.05) is 13.0 Å². The summed E-state index contributed by atoms with van der Waals surface area (Å²) in [4.78, 5) is 10.6. The summed E-state index contributed by atoms with van der Waals surface area (Å²) in [5, 5.41) is 11.9. The molecule has 0 unspecified atom stereocenters. The first kappa shape index (κ1) is 13.7. The summed E-state index contributed by atoms with van der Waals surface area (Å²) in [5.41, 5.74) is 0.464. The highest BCUT2D eigenvalue weighted by molar-refractivity contribution is 5.86. The molecule has 0 aromatic heterocycles. The predicted molar refractivity (Wildman–Crippen MR) is 61.6 cm³/mol. The van der Waals surface area contributed by atoms with E-state index in [2.05, 4.69) is 11.2 Å². The topological polar surface area (TPSA) is 49.3 Å². The maximum atomic E-state index is 10.6. The van der Waals surface area contributed by atoms with E-state index in [1.54, 1.807) is 6.08 Å². The molecule has 0 atom stereocenters. The molecule has 0 bridgehead atoms. The second-order valence-electron chi connectivity index (χ2n) is 3.25. The van der Waals surface area contributed by atoms with Crippen molar-refractivity contribution < 1.29 is 9.90 Å². The molecule has 3 nitrogen and oxygen atoms in total. The molecule has 0 aromatic carbocycles. The van der Waals surface area contributed by atoms with Gasteiger partial charge >= 0.3 is 5.97 Å². The molecule has 0 fully saturated rings. The molecule has 0 spiro atoms. The molecule has 3 heteroatoms. The van der Waals surface area contributed by atoms with Gasteiger partial charge in [0.15, 0.2) is 0 Å². The Bertz CT molecular complexity index is 251. The number of hydrogen-bond donors (Lipinski definition) is 2. The monoisotopic (exact) mass is 209 g/mol. The molecule has 0 aromatic rings. The van der Waals surface area contributed by atoms with Crippen molar-refractivity contribution in [3.63, 3.8) is 0 Å². The van der Waals surface area contributed by atoms with Crippen molar-refractivity contribution in [3.05, 3.63) is 11.6 Å². The van der Waals surface area contributed by atoms with Crippen LogP contribution in [-0.2, 0) is 4.79 Å². The summed E-state index contributed by atoms with van der Waals surface area (Å²) in [6.07, 6.45) is 10.3. The van der Waals surface area contributed by atoms with Crippen molar-refractivity contribution in [3.8, 4) is 12.3 Å². The number of terminal acetylenes is 1. The first-order chi connectivity index (χ1) is 7.22. The van der Waals surface area contributed by atoms with E-state index in [-0.39, 0.29) is 0 Å². The number of nitrogens with one attached hydrogen (secondary N) is 1. The largest absolute Gasteiger partial charge is 0.478 e. The Morgan fingerprint density at radius 3 is 2.80 bits per heavy atom. The molecule has 84 valence electrons. The van der Waals surface area contributed by atoms with Crippen LogP contribution in [0.5, 0.6) is 0 Å². The highest BCUT2D eigenvalue weighted by Gasteiger charge is 2.01. The molecule has 0 aliphatic heterocycles. The van der Waals surface area contributed by atoms with Gasteiger partial charge in [0.25, 0.3) is 0 Å². The molecule has 0 aliphatic rings. The Kier molecular flexibility index (Phi) is 8.50. The molecule has 0 rings (SSSR count). The quantitative estimate of drug-likeness (QED) is 0.364. The number of hydrogen-bond acceptors (Lipinski definition) is 2. The number of carbonyl (C=O) groups is 1. The molecule has 0 amide bonds. The van der Waals surface area contributed by atoms with Crippen LogP contribution in [0.25, 0.3) is 0 Å². The minimum atomic E-state index is -0.827. The van der Waals surface area contributed by atoms with Gasteiger partial charge in [0.05, 0.1) is 0 Å². The lowest BCUT2D eigenvalue weighted by atomic mass is 10.2. The van der Waals surface area contributed by atoms with Crippen LogP contribution in [0, 0.1) is 12.3 Å². The fourth-order valence-corrected chi connectivity index (χ4v) is 1.16. The summed E-state index contributed by atoms with van der Waals surface area (Å²) in [7, 11) is 0. The van der Waals surface area contributed by atoms with Gasteiger partial charge in [0.2, 0.25) is 0 Å². The number of aliphatic carboxylic acids is 1. The van der Waals surface area contributed by atoms with Crippen LogP contribution in [0.2, 0.25) is 0 Å². The van der Waals surface area contributed by atoms with E-state index < -0.39 is 5.97 Å². The first-order valence-electron chi connectivity index (χ1n) is 5.28. The van der Waals surface area contributed by atoms with E-state index in [1.165, 1.54) is 0 Å². The third kappa shape index (κ3) is 7.77. The van der Waals surface area contributed by atoms with Gasteiger partial charge in [-0.05, 0) is 25.8 Å². The number of carboxylic acids is 1. The maximum absolute atomic E-state index is 10.6. The van der Waals surface area contributed by atoms with Crippen molar-refractivity contribution in [1.82, 2.24) is 5.32 Å². The van der Waals surface area contributed by atoms with Gasteiger partial charge in [0, 0.05) is 18.5 Å². The highest BCUT2D eigenvalue weighted by Crippen LogP contribution is 1.99. The summed E-state index contributed by atoms with van der Waals surface area (Å²) >= 11 is 0. The van der Waals surface area contributed by atoms with Crippen molar-refractivity contribution in [2.45, 2.75) is 32.6 Å². The van der Waals surface area contributed by atoms with Crippen molar-refractivity contribution in [2.75, 3.05) is 13.1 Å². The van der Waals surface area contributed by atoms with Crippen molar-refractivity contribution >= 4 is 5.97 Å². The average Bonchev–Trinajstić information content (AvgIpc) is 2.21. The standard InChI is InChI=1S/C12H19NO2/c1-3-5-6-7-9-13-10-8-11(4-2)12(14)15/h1,8,13H,4-7,9-10H2,2H3,(H,14,15). The first-order valence-corrected chi connectivity index (χ1v) is 5.28. The van der Waals surface area contributed by atoms with E-state index >= 15 is 0 Å². The summed E-state index contributed by atoms with van der Waals surface area (Å²) in [5.74, 6) is 1.76. The van der Waals surface area contributed by atoms with Gasteiger partial charge in [0.1, 0.15) is 0 Å². The second kappa shape index (κ2) is 9.29. The van der Waals surface area contributed by atoms with Crippen LogP contribution in [0.3, 0.4) is 0 Å². The summed E-state index contributed by atoms with van der Waals surface area (Å²) in [6, 6.07) is 0. The Labute approximate surface area is 91.6 Å². The molecular formula is C12H19NO2. The molecule has 0 aliphatic carbocycles. The molecular weight excluding hydrogens is 190 g/mol. The van der Waals surface area contributed by atoms with Gasteiger partial charge < -0.3 is 10.4 Å². The average molecular weight is 209 g/mol. The van der Waals surface area contributed by atoms with Gasteiger partial charge in [-0.2, -0.15) is 0 Å². The fraction of sp³-hybridized carbons (Fsp3) is 0.583. The fourth-order valence-electron chi connectivity index (χ4n) is 1.16. The normalized spacial score (nSPS) is 11.1. The maximum Gasteiger partial charge on any atom is 0.331 e. The SMILES string of the molecule is C#CCCCCNCC=C(CC)C(=O)O. The minimum absolute atomic E-state index is 0.464. The van der Waals surface area contributed by atoms with E-state index in [4.69, 9.17) is 11.5 Å². The molecule has 15 heavy (non-hydrogen) atoms. The molecule has 0 radical (unpaired) electrons. The lowest BCUT2D eigenvalue weighted by Crippen LogP contribution is -2.16. The Balaban J connectivity index is 3.52. The zero-order valence-corrected chi connectivity index (χ0v) is 9.25. The van der Waals surface area contributed by atoms with Crippen LogP contribution in [0.1, 0.15) is 32.6 Å². The van der Waals surface area contributed by atoms with E-state index in [1.807, 2.05) is 6.92 Å². The number of unbranched alkanes of at least 4 members (excludes halogenated alkanes) is 2. The van der Waals surface area contributed by atoms with E-state index in [0.29, 0.717) is 18.5 Å². The van der Waals surface area contributed by atoms with E-state index in [9.17, 15) is 4.79 Å². The Hall–Kier alpha value is -1.27. The zero-order valence-electron chi connectivity index (χ0n) is 9.25. The van der Waals surface area contributed by atoms with Crippen LogP contribution in [0.4, 0.5) is 0 Å². The highest BCUT2D eigenvalue weighted by atomic mass is 16.4. The predicted octanol–water partition coefficient (Wildman–Crippen LogP) is 1.80. The smallest absolute Gasteiger partial charge is 0.331 e. The van der Waals surface area contributed by atoms with Crippen LogP contribution < -0.4 is 5.32 Å². The number of carboxylic acid groups (broad SMARTS) is 1. The number of rotatable bonds is 8. The Morgan fingerprint density at radius 1 is 1.53 bits per heavy atom. The van der Waals surface area contributed by atoms with Gasteiger partial charge in [-0.25, -0.2) is 4.79 Å². The van der Waals surface area contributed by atoms with Gasteiger partial charge in [-0.3, -0.25) is 0 Å². The lowest BCUT2D eigenvalue weighted by Gasteiger charge is -2.01.